The van der Waals surface area contributed by atoms with Crippen molar-refractivity contribution in [1.82, 2.24) is 16.1 Å². The molecule has 0 fully saturated rings. The van der Waals surface area contributed by atoms with Gasteiger partial charge in [0.15, 0.2) is 0 Å². The molecule has 0 saturated heterocycles. The maximum absolute atomic E-state index is 11.8. The van der Waals surface area contributed by atoms with Gasteiger partial charge in [-0.05, 0) is 11.8 Å². The van der Waals surface area contributed by atoms with Crippen LogP contribution in [0.3, 0.4) is 0 Å². The third kappa shape index (κ3) is 15.0. The number of carboxylic acid groups (broad SMARTS) is 1. The third-order valence-electron chi connectivity index (χ3n) is 2.82. The highest BCUT2D eigenvalue weighted by Crippen LogP contribution is 2.19. The number of hydrogen-bond donors (Lipinski definition) is 5. The van der Waals surface area contributed by atoms with E-state index in [2.05, 4.69) is 21.2 Å². The zero-order valence-corrected chi connectivity index (χ0v) is 17.7. The molecule has 1 atom stereocenters. The Morgan fingerprint density at radius 3 is 2.43 bits per heavy atom. The molecule has 0 aromatic carbocycles. The summed E-state index contributed by atoms with van der Waals surface area (Å²) in [6.45, 7) is 6.11. The van der Waals surface area contributed by atoms with Gasteiger partial charge in [0.05, 0.1) is 12.0 Å². The quantitative estimate of drug-likeness (QED) is 0.123. The van der Waals surface area contributed by atoms with Gasteiger partial charge in [-0.2, -0.15) is 5.10 Å². The molecule has 0 bridgehead atoms. The molecule has 0 aliphatic carbocycles. The van der Waals surface area contributed by atoms with Crippen LogP contribution in [0.5, 0.6) is 0 Å². The Hall–Kier alpha value is -2.08. The van der Waals surface area contributed by atoms with Gasteiger partial charge in [0, 0.05) is 24.9 Å². The van der Waals surface area contributed by atoms with Gasteiger partial charge in [0.2, 0.25) is 11.8 Å². The van der Waals surface area contributed by atoms with Crippen LogP contribution in [0.1, 0.15) is 33.6 Å². The predicted molar refractivity (Wildman–Crippen MR) is 112 cm³/mol. The lowest BCUT2D eigenvalue weighted by atomic mass is 9.99. The van der Waals surface area contributed by atoms with E-state index in [1.54, 1.807) is 6.21 Å². The van der Waals surface area contributed by atoms with Crippen LogP contribution in [0, 0.1) is 10.8 Å². The minimum absolute atomic E-state index is 0.0367. The molecule has 0 aliphatic rings. The lowest BCUT2D eigenvalue weighted by Crippen LogP contribution is -2.42. The van der Waals surface area contributed by atoms with E-state index >= 15 is 0 Å². The average Bonchev–Trinajstić information content (AvgIpc) is 2.59. The number of carbonyl (C=O) groups excluding carboxylic acids is 3. The van der Waals surface area contributed by atoms with Crippen LogP contribution in [0.2, 0.25) is 0 Å². The van der Waals surface area contributed by atoms with Gasteiger partial charge in [-0.25, -0.2) is 10.2 Å². The molecule has 0 aromatic rings. The van der Waals surface area contributed by atoms with Crippen molar-refractivity contribution in [2.24, 2.45) is 10.5 Å². The van der Waals surface area contributed by atoms with Crippen LogP contribution in [0.4, 0.5) is 0 Å². The van der Waals surface area contributed by atoms with Crippen LogP contribution in [0.25, 0.3) is 0 Å². The number of amides is 3. The Kier molecular flexibility index (Phi) is 13.0. The van der Waals surface area contributed by atoms with Crippen molar-refractivity contribution < 1.29 is 24.3 Å². The fourth-order valence-corrected chi connectivity index (χ4v) is 3.30. The maximum atomic E-state index is 11.8. The summed E-state index contributed by atoms with van der Waals surface area (Å²) in [6, 6.07) is -1.16. The normalized spacial score (nSPS) is 12.2. The standard InChI is InChI=1S/C16H27N5O5S2/c1-16(2,3)10-19-21-12(22)5-4-11(15(25)26)20-14(24)9-28-27-7-6-18-13(23)8-17/h8,10-11,17H,4-7,9H2,1-3H3,(H,18,23)(H,20,24)(H,21,22)(H,25,26)/b17-8?,19-10+. The highest BCUT2D eigenvalue weighted by Gasteiger charge is 2.21. The van der Waals surface area contributed by atoms with Crippen molar-refractivity contribution in [1.29, 1.82) is 5.41 Å². The molecule has 0 saturated carbocycles. The molecule has 1 unspecified atom stereocenters. The van der Waals surface area contributed by atoms with E-state index in [0.717, 1.165) is 0 Å². The van der Waals surface area contributed by atoms with E-state index in [0.29, 0.717) is 18.5 Å². The first-order valence-electron chi connectivity index (χ1n) is 8.43. The fourth-order valence-electron chi connectivity index (χ4n) is 1.54. The Morgan fingerprint density at radius 2 is 1.86 bits per heavy atom. The van der Waals surface area contributed by atoms with Crippen molar-refractivity contribution in [3.05, 3.63) is 0 Å². The van der Waals surface area contributed by atoms with Crippen molar-refractivity contribution in [2.75, 3.05) is 18.1 Å². The number of nitrogens with zero attached hydrogens (tertiary/aromatic N) is 1. The Balaban J connectivity index is 4.12. The predicted octanol–water partition coefficient (Wildman–Crippen LogP) is 0.631. The number of carboxylic acids is 1. The number of nitrogens with one attached hydrogen (secondary N) is 4. The molecule has 0 aliphatic heterocycles. The zero-order chi connectivity index (χ0) is 21.6. The van der Waals surface area contributed by atoms with Gasteiger partial charge in [-0.15, -0.1) is 0 Å². The molecule has 0 radical (unpaired) electrons. The summed E-state index contributed by atoms with van der Waals surface area (Å²) in [7, 11) is 2.55. The van der Waals surface area contributed by atoms with Crippen molar-refractivity contribution in [3.63, 3.8) is 0 Å². The molecule has 3 amide bonds. The summed E-state index contributed by atoms with van der Waals surface area (Å²) < 4.78 is 0. The third-order valence-corrected chi connectivity index (χ3v) is 5.09. The Bertz CT molecular complexity index is 592. The lowest BCUT2D eigenvalue weighted by molar-refractivity contribution is -0.141. The second-order valence-corrected chi connectivity index (χ2v) is 9.26. The summed E-state index contributed by atoms with van der Waals surface area (Å²) in [5, 5.41) is 24.6. The highest BCUT2D eigenvalue weighted by atomic mass is 33.1. The molecule has 0 aromatic heterocycles. The first-order chi connectivity index (χ1) is 13.0. The summed E-state index contributed by atoms with van der Waals surface area (Å²) in [5.41, 5.74) is 2.14. The van der Waals surface area contributed by atoms with Crippen LogP contribution < -0.4 is 16.1 Å². The largest absolute Gasteiger partial charge is 0.480 e. The number of aliphatic carboxylic acids is 1. The summed E-state index contributed by atoms with van der Waals surface area (Å²) in [4.78, 5) is 45.6. The molecule has 0 rings (SSSR count). The van der Waals surface area contributed by atoms with Crippen molar-refractivity contribution >= 4 is 57.7 Å². The minimum Gasteiger partial charge on any atom is -0.480 e. The Morgan fingerprint density at radius 1 is 1.18 bits per heavy atom. The van der Waals surface area contributed by atoms with E-state index in [4.69, 9.17) is 5.41 Å². The van der Waals surface area contributed by atoms with Gasteiger partial charge < -0.3 is 21.1 Å². The topological polar surface area (TPSA) is 161 Å². The van der Waals surface area contributed by atoms with Gasteiger partial charge in [0.1, 0.15) is 6.04 Å². The maximum Gasteiger partial charge on any atom is 0.326 e. The highest BCUT2D eigenvalue weighted by molar-refractivity contribution is 8.76. The first-order valence-corrected chi connectivity index (χ1v) is 10.9. The number of carbonyl (C=O) groups is 4. The second-order valence-electron chi connectivity index (χ2n) is 6.68. The average molecular weight is 434 g/mol. The summed E-state index contributed by atoms with van der Waals surface area (Å²) >= 11 is 0. The zero-order valence-electron chi connectivity index (χ0n) is 16.1. The summed E-state index contributed by atoms with van der Waals surface area (Å²) in [5.74, 6) is -2.02. The van der Waals surface area contributed by atoms with E-state index in [1.165, 1.54) is 21.6 Å². The van der Waals surface area contributed by atoms with Crippen LogP contribution >= 0.6 is 21.6 Å². The number of rotatable bonds is 13. The van der Waals surface area contributed by atoms with Gasteiger partial charge in [0.25, 0.3) is 5.91 Å². The molecular formula is C16H27N5O5S2. The molecule has 0 heterocycles. The molecule has 12 heteroatoms. The molecule has 0 spiro atoms. The monoisotopic (exact) mass is 433 g/mol. The van der Waals surface area contributed by atoms with Gasteiger partial charge in [-0.3, -0.25) is 14.4 Å². The number of hydrogen-bond acceptors (Lipinski definition) is 8. The Labute approximate surface area is 172 Å². The van der Waals surface area contributed by atoms with E-state index < -0.39 is 29.7 Å². The van der Waals surface area contributed by atoms with Gasteiger partial charge in [-0.1, -0.05) is 42.4 Å². The van der Waals surface area contributed by atoms with Crippen LogP contribution in [0.15, 0.2) is 5.10 Å². The van der Waals surface area contributed by atoms with Gasteiger partial charge >= 0.3 is 5.97 Å². The fraction of sp³-hybridized carbons (Fsp3) is 0.625. The van der Waals surface area contributed by atoms with E-state index in [1.807, 2.05) is 20.8 Å². The lowest BCUT2D eigenvalue weighted by Gasteiger charge is -2.14. The smallest absolute Gasteiger partial charge is 0.326 e. The van der Waals surface area contributed by atoms with Crippen molar-refractivity contribution in [2.45, 2.75) is 39.7 Å². The number of hydrazone groups is 1. The molecule has 158 valence electrons. The molecular weight excluding hydrogens is 406 g/mol. The van der Waals surface area contributed by atoms with Crippen molar-refractivity contribution in [3.8, 4) is 0 Å². The summed E-state index contributed by atoms with van der Waals surface area (Å²) in [6.07, 6.45) is 2.11. The minimum atomic E-state index is -1.22. The molecule has 28 heavy (non-hydrogen) atoms. The van der Waals surface area contributed by atoms with E-state index in [-0.39, 0.29) is 24.0 Å². The molecule has 10 nitrogen and oxygen atoms in total. The van der Waals surface area contributed by atoms with Crippen LogP contribution in [-0.4, -0.2) is 65.3 Å². The van der Waals surface area contributed by atoms with E-state index in [9.17, 15) is 24.3 Å². The molecule has 5 N–H and O–H groups in total. The first kappa shape index (κ1) is 25.9. The SMILES string of the molecule is CC(C)(C)/C=N/NC(=O)CCC(NC(=O)CSSCCNC(=O)C=N)C(=O)O. The van der Waals surface area contributed by atoms with Crippen LogP contribution in [-0.2, 0) is 19.2 Å². The second kappa shape index (κ2) is 14.0.